The molecule has 1 aromatic rings. The van der Waals surface area contributed by atoms with Crippen LogP contribution in [0.15, 0.2) is 24.3 Å². The van der Waals surface area contributed by atoms with Gasteiger partial charge >= 0.3 is 18.7 Å². The second-order valence-electron chi connectivity index (χ2n) is 5.21. The number of alkyl halides is 2. The Hall–Kier alpha value is -2.42. The highest BCUT2D eigenvalue weighted by atomic mass is 19.3. The third-order valence-corrected chi connectivity index (χ3v) is 3.79. The standard InChI is InChI=1S/C15H18F2N2O5/c1-23-13(20)10-2-4-11(5-3-10)19-7-6-18(15(21)22)8-12(19)9-24-14(16)17/h2-5,12,14H,6-9H2,1H3,(H,21,22). The Kier molecular flexibility index (Phi) is 5.91. The van der Waals surface area contributed by atoms with Crippen molar-refractivity contribution in [3.05, 3.63) is 29.8 Å². The van der Waals surface area contributed by atoms with Crippen LogP contribution in [-0.2, 0) is 9.47 Å². The topological polar surface area (TPSA) is 79.3 Å². The lowest BCUT2D eigenvalue weighted by Crippen LogP contribution is -2.56. The number of carboxylic acid groups (broad SMARTS) is 1. The van der Waals surface area contributed by atoms with E-state index in [2.05, 4.69) is 9.47 Å². The Morgan fingerprint density at radius 1 is 1.29 bits per heavy atom. The van der Waals surface area contributed by atoms with E-state index < -0.39 is 24.7 Å². The average molecular weight is 344 g/mol. The first kappa shape index (κ1) is 17.9. The van der Waals surface area contributed by atoms with Gasteiger partial charge in [0.25, 0.3) is 0 Å². The number of esters is 1. The van der Waals surface area contributed by atoms with Crippen molar-refractivity contribution in [2.75, 3.05) is 38.3 Å². The number of nitrogens with zero attached hydrogens (tertiary/aromatic N) is 2. The van der Waals surface area contributed by atoms with Gasteiger partial charge in [-0.05, 0) is 24.3 Å². The lowest BCUT2D eigenvalue weighted by molar-refractivity contribution is -0.133. The minimum absolute atomic E-state index is 0.0564. The van der Waals surface area contributed by atoms with E-state index >= 15 is 0 Å². The van der Waals surface area contributed by atoms with Crippen LogP contribution < -0.4 is 4.90 Å². The maximum atomic E-state index is 12.3. The van der Waals surface area contributed by atoms with E-state index in [1.54, 1.807) is 29.2 Å². The molecule has 0 spiro atoms. The maximum Gasteiger partial charge on any atom is 0.407 e. The predicted molar refractivity (Wildman–Crippen MR) is 80.5 cm³/mol. The van der Waals surface area contributed by atoms with Gasteiger partial charge in [-0.25, -0.2) is 9.59 Å². The number of methoxy groups -OCH3 is 1. The molecule has 0 bridgehead atoms. The summed E-state index contributed by atoms with van der Waals surface area (Å²) in [6.07, 6.45) is -1.10. The predicted octanol–water partition coefficient (Wildman–Crippen LogP) is 1.88. The molecular formula is C15H18F2N2O5. The largest absolute Gasteiger partial charge is 0.465 e. The first-order chi connectivity index (χ1) is 11.4. The molecule has 24 heavy (non-hydrogen) atoms. The smallest absolute Gasteiger partial charge is 0.407 e. The van der Waals surface area contributed by atoms with Gasteiger partial charge in [0.1, 0.15) is 0 Å². The fourth-order valence-corrected chi connectivity index (χ4v) is 2.60. The van der Waals surface area contributed by atoms with Crippen molar-refractivity contribution in [2.45, 2.75) is 12.7 Å². The summed E-state index contributed by atoms with van der Waals surface area (Å²) in [6.45, 7) is -2.59. The van der Waals surface area contributed by atoms with E-state index in [0.29, 0.717) is 17.8 Å². The van der Waals surface area contributed by atoms with Crippen LogP contribution in [-0.4, -0.2) is 68.1 Å². The highest BCUT2D eigenvalue weighted by Crippen LogP contribution is 2.22. The van der Waals surface area contributed by atoms with E-state index in [1.807, 2.05) is 0 Å². The van der Waals surface area contributed by atoms with Gasteiger partial charge in [-0.15, -0.1) is 0 Å². The molecule has 2 rings (SSSR count). The Labute approximate surface area is 137 Å². The number of rotatable bonds is 5. The van der Waals surface area contributed by atoms with Crippen LogP contribution in [0.2, 0.25) is 0 Å². The Balaban J connectivity index is 2.15. The van der Waals surface area contributed by atoms with Crippen molar-refractivity contribution in [2.24, 2.45) is 0 Å². The zero-order valence-electron chi connectivity index (χ0n) is 13.0. The molecule has 0 radical (unpaired) electrons. The van der Waals surface area contributed by atoms with Gasteiger partial charge < -0.3 is 24.4 Å². The molecule has 1 amide bonds. The van der Waals surface area contributed by atoms with Crippen molar-refractivity contribution >= 4 is 17.7 Å². The number of carbonyl (C=O) groups excluding carboxylic acids is 1. The summed E-state index contributed by atoms with van der Waals surface area (Å²) in [5.41, 5.74) is 1.06. The zero-order chi connectivity index (χ0) is 17.7. The van der Waals surface area contributed by atoms with Crippen molar-refractivity contribution < 1.29 is 33.0 Å². The van der Waals surface area contributed by atoms with Crippen LogP contribution in [0.1, 0.15) is 10.4 Å². The molecule has 1 fully saturated rings. The average Bonchev–Trinajstić information content (AvgIpc) is 2.59. The van der Waals surface area contributed by atoms with Gasteiger partial charge in [-0.2, -0.15) is 8.78 Å². The molecule has 7 nitrogen and oxygen atoms in total. The van der Waals surface area contributed by atoms with Gasteiger partial charge in [0.2, 0.25) is 0 Å². The number of benzene rings is 1. The minimum atomic E-state index is -2.92. The molecule has 1 aliphatic heterocycles. The molecule has 0 saturated carbocycles. The number of amides is 1. The monoisotopic (exact) mass is 344 g/mol. The molecule has 1 aromatic carbocycles. The van der Waals surface area contributed by atoms with E-state index in [-0.39, 0.29) is 19.7 Å². The Morgan fingerprint density at radius 2 is 1.96 bits per heavy atom. The molecule has 1 N–H and O–H groups in total. The van der Waals surface area contributed by atoms with Gasteiger partial charge in [-0.1, -0.05) is 0 Å². The van der Waals surface area contributed by atoms with E-state index in [9.17, 15) is 18.4 Å². The van der Waals surface area contributed by atoms with Gasteiger partial charge in [0.05, 0.1) is 25.3 Å². The second kappa shape index (κ2) is 7.91. The van der Waals surface area contributed by atoms with Gasteiger partial charge in [-0.3, -0.25) is 0 Å². The summed E-state index contributed by atoms with van der Waals surface area (Å²) in [5.74, 6) is -0.477. The fraction of sp³-hybridized carbons (Fsp3) is 0.467. The van der Waals surface area contributed by atoms with Gasteiger partial charge in [0.15, 0.2) is 0 Å². The maximum absolute atomic E-state index is 12.3. The lowest BCUT2D eigenvalue weighted by Gasteiger charge is -2.41. The van der Waals surface area contributed by atoms with Crippen LogP contribution in [0.3, 0.4) is 0 Å². The number of piperazine rings is 1. The highest BCUT2D eigenvalue weighted by Gasteiger charge is 2.30. The molecule has 0 aliphatic carbocycles. The van der Waals surface area contributed by atoms with Crippen LogP contribution in [0.4, 0.5) is 19.3 Å². The summed E-state index contributed by atoms with van der Waals surface area (Å²) < 4.78 is 33.7. The summed E-state index contributed by atoms with van der Waals surface area (Å²) in [5, 5.41) is 9.08. The van der Waals surface area contributed by atoms with Crippen LogP contribution in [0, 0.1) is 0 Å². The number of hydrogen-bond donors (Lipinski definition) is 1. The SMILES string of the molecule is COC(=O)c1ccc(N2CCN(C(=O)O)CC2COC(F)F)cc1. The molecule has 1 unspecified atom stereocenters. The number of ether oxygens (including phenoxy) is 2. The normalized spacial score (nSPS) is 17.9. The molecule has 0 aromatic heterocycles. The number of halogens is 2. The third-order valence-electron chi connectivity index (χ3n) is 3.79. The molecule has 1 atom stereocenters. The van der Waals surface area contributed by atoms with Crippen molar-refractivity contribution in [1.29, 1.82) is 0 Å². The molecule has 1 heterocycles. The number of hydrogen-bond acceptors (Lipinski definition) is 5. The number of carbonyl (C=O) groups is 2. The van der Waals surface area contributed by atoms with E-state index in [4.69, 9.17) is 5.11 Å². The summed E-state index contributed by atoms with van der Waals surface area (Å²) in [6, 6.07) is 5.91. The fourth-order valence-electron chi connectivity index (χ4n) is 2.60. The molecule has 9 heteroatoms. The highest BCUT2D eigenvalue weighted by molar-refractivity contribution is 5.89. The quantitative estimate of drug-likeness (QED) is 0.822. The summed E-state index contributed by atoms with van der Waals surface area (Å²) >= 11 is 0. The molecule has 1 saturated heterocycles. The van der Waals surface area contributed by atoms with E-state index in [0.717, 1.165) is 0 Å². The van der Waals surface area contributed by atoms with Crippen molar-refractivity contribution in [3.8, 4) is 0 Å². The van der Waals surface area contributed by atoms with Gasteiger partial charge in [0, 0.05) is 25.3 Å². The summed E-state index contributed by atoms with van der Waals surface area (Å²) in [7, 11) is 1.28. The summed E-state index contributed by atoms with van der Waals surface area (Å²) in [4.78, 5) is 25.5. The van der Waals surface area contributed by atoms with Crippen molar-refractivity contribution in [3.63, 3.8) is 0 Å². The minimum Gasteiger partial charge on any atom is -0.465 e. The third kappa shape index (κ3) is 4.31. The second-order valence-corrected chi connectivity index (χ2v) is 5.21. The number of anilines is 1. The Morgan fingerprint density at radius 3 is 2.50 bits per heavy atom. The first-order valence-corrected chi connectivity index (χ1v) is 7.25. The molecule has 1 aliphatic rings. The first-order valence-electron chi connectivity index (χ1n) is 7.25. The van der Waals surface area contributed by atoms with Crippen molar-refractivity contribution in [1.82, 2.24) is 4.90 Å². The van der Waals surface area contributed by atoms with E-state index in [1.165, 1.54) is 12.0 Å². The Bertz CT molecular complexity index is 582. The lowest BCUT2D eigenvalue weighted by atomic mass is 10.1. The molecular weight excluding hydrogens is 326 g/mol. The van der Waals surface area contributed by atoms with Crippen LogP contribution in [0.25, 0.3) is 0 Å². The zero-order valence-corrected chi connectivity index (χ0v) is 13.0. The van der Waals surface area contributed by atoms with Crippen LogP contribution >= 0.6 is 0 Å². The molecule has 132 valence electrons. The van der Waals surface area contributed by atoms with Crippen LogP contribution in [0.5, 0.6) is 0 Å².